The predicted molar refractivity (Wildman–Crippen MR) is 41.8 cm³/mol. The minimum absolute atomic E-state index is 0.570. The summed E-state index contributed by atoms with van der Waals surface area (Å²) in [7, 11) is -0.733. The van der Waals surface area contributed by atoms with Gasteiger partial charge in [0.05, 0.1) is 0 Å². The summed E-state index contributed by atoms with van der Waals surface area (Å²) in [5.74, 6) is 0. The molecule has 11 heavy (non-hydrogen) atoms. The molecular weight excluding hydrogens is 167 g/mol. The van der Waals surface area contributed by atoms with E-state index >= 15 is 0 Å². The zero-order chi connectivity index (χ0) is 9.12. The first kappa shape index (κ1) is 10.8. The van der Waals surface area contributed by atoms with Gasteiger partial charge in [-0.05, 0) is 13.8 Å². The number of hydrogen-bond donors (Lipinski definition) is 0. The molecule has 0 spiro atoms. The van der Waals surface area contributed by atoms with Gasteiger partial charge >= 0.3 is 7.60 Å². The zero-order valence-corrected chi connectivity index (χ0v) is 8.05. The van der Waals surface area contributed by atoms with E-state index in [0.717, 1.165) is 0 Å². The van der Waals surface area contributed by atoms with Gasteiger partial charge in [0.15, 0.2) is 0 Å². The molecule has 0 saturated heterocycles. The van der Waals surface area contributed by atoms with Gasteiger partial charge in [-0.2, -0.15) is 0 Å². The van der Waals surface area contributed by atoms with Crippen LogP contribution in [0.4, 0.5) is 0 Å². The SMILES string of the molecule is COP(=O)(OC)C(C)(C)C=O. The molecule has 0 saturated carbocycles. The van der Waals surface area contributed by atoms with Gasteiger partial charge < -0.3 is 13.8 Å². The van der Waals surface area contributed by atoms with Crippen LogP contribution in [-0.2, 0) is 18.4 Å². The number of rotatable bonds is 4. The van der Waals surface area contributed by atoms with Crippen molar-refractivity contribution in [1.29, 1.82) is 0 Å². The molecule has 0 aliphatic rings. The summed E-state index contributed by atoms with van der Waals surface area (Å²) in [5.41, 5.74) is 0. The lowest BCUT2D eigenvalue weighted by atomic mass is 10.2. The van der Waals surface area contributed by atoms with Crippen molar-refractivity contribution in [2.24, 2.45) is 0 Å². The van der Waals surface area contributed by atoms with Gasteiger partial charge in [-0.3, -0.25) is 4.57 Å². The van der Waals surface area contributed by atoms with Crippen LogP contribution in [0.5, 0.6) is 0 Å². The maximum Gasteiger partial charge on any atom is 0.342 e. The van der Waals surface area contributed by atoms with E-state index in [-0.39, 0.29) is 0 Å². The number of hydrogen-bond acceptors (Lipinski definition) is 4. The van der Waals surface area contributed by atoms with Crippen molar-refractivity contribution in [3.63, 3.8) is 0 Å². The molecule has 0 rings (SSSR count). The van der Waals surface area contributed by atoms with Crippen molar-refractivity contribution in [1.82, 2.24) is 0 Å². The van der Waals surface area contributed by atoms with Crippen LogP contribution in [-0.4, -0.2) is 25.7 Å². The third-order valence-electron chi connectivity index (χ3n) is 1.47. The molecule has 0 amide bonds. The first-order chi connectivity index (χ1) is 4.93. The van der Waals surface area contributed by atoms with E-state index < -0.39 is 12.8 Å². The summed E-state index contributed by atoms with van der Waals surface area (Å²) in [5, 5.41) is -1.07. The molecular formula is C6H13O4P. The molecule has 66 valence electrons. The van der Waals surface area contributed by atoms with E-state index in [1.807, 2.05) is 0 Å². The molecule has 0 unspecified atom stereocenters. The highest BCUT2D eigenvalue weighted by Gasteiger charge is 2.41. The lowest BCUT2D eigenvalue weighted by molar-refractivity contribution is -0.109. The normalized spacial score (nSPS) is 13.1. The van der Waals surface area contributed by atoms with E-state index in [1.54, 1.807) is 0 Å². The van der Waals surface area contributed by atoms with Crippen LogP contribution in [0, 0.1) is 0 Å². The van der Waals surface area contributed by atoms with Gasteiger partial charge in [0.2, 0.25) is 0 Å². The topological polar surface area (TPSA) is 52.6 Å². The summed E-state index contributed by atoms with van der Waals surface area (Å²) < 4.78 is 20.8. The second-order valence-electron chi connectivity index (χ2n) is 2.63. The van der Waals surface area contributed by atoms with Crippen LogP contribution in [0.2, 0.25) is 0 Å². The molecule has 0 aliphatic carbocycles. The zero-order valence-electron chi connectivity index (χ0n) is 7.16. The van der Waals surface area contributed by atoms with E-state index in [9.17, 15) is 9.36 Å². The average Bonchev–Trinajstić information content (AvgIpc) is 2.02. The number of aldehydes is 1. The Morgan fingerprint density at radius 2 is 1.64 bits per heavy atom. The quantitative estimate of drug-likeness (QED) is 0.485. The minimum atomic E-state index is -3.25. The fourth-order valence-corrected chi connectivity index (χ4v) is 1.83. The van der Waals surface area contributed by atoms with Crippen LogP contribution in [0.25, 0.3) is 0 Å². The lowest BCUT2D eigenvalue weighted by Gasteiger charge is -2.25. The van der Waals surface area contributed by atoms with E-state index in [0.29, 0.717) is 6.29 Å². The second kappa shape index (κ2) is 3.48. The van der Waals surface area contributed by atoms with Gasteiger partial charge in [-0.1, -0.05) is 0 Å². The Morgan fingerprint density at radius 3 is 1.73 bits per heavy atom. The summed E-state index contributed by atoms with van der Waals surface area (Å²) >= 11 is 0. The number of carbonyl (C=O) groups excluding carboxylic acids is 1. The Balaban J connectivity index is 4.77. The third kappa shape index (κ3) is 1.89. The van der Waals surface area contributed by atoms with Crippen molar-refractivity contribution in [2.75, 3.05) is 14.2 Å². The van der Waals surface area contributed by atoms with Crippen molar-refractivity contribution in [2.45, 2.75) is 19.0 Å². The summed E-state index contributed by atoms with van der Waals surface area (Å²) in [6.07, 6.45) is 0.570. The Labute approximate surface area is 66.4 Å². The van der Waals surface area contributed by atoms with Crippen LogP contribution in [0.15, 0.2) is 0 Å². The number of carbonyl (C=O) groups is 1. The predicted octanol–water partition coefficient (Wildman–Crippen LogP) is 1.45. The highest BCUT2D eigenvalue weighted by molar-refractivity contribution is 7.56. The highest BCUT2D eigenvalue weighted by Crippen LogP contribution is 2.57. The Hall–Kier alpha value is -0.180. The minimum Gasteiger partial charge on any atom is -0.311 e. The summed E-state index contributed by atoms with van der Waals surface area (Å²) in [6, 6.07) is 0. The molecule has 0 fully saturated rings. The largest absolute Gasteiger partial charge is 0.342 e. The Morgan fingerprint density at radius 1 is 1.27 bits per heavy atom. The van der Waals surface area contributed by atoms with Crippen molar-refractivity contribution < 1.29 is 18.4 Å². The van der Waals surface area contributed by atoms with Crippen LogP contribution in [0.3, 0.4) is 0 Å². The molecule has 0 N–H and O–H groups in total. The van der Waals surface area contributed by atoms with Gasteiger partial charge in [0.25, 0.3) is 0 Å². The van der Waals surface area contributed by atoms with Crippen LogP contribution >= 0.6 is 7.60 Å². The standard InChI is InChI=1S/C6H13O4P/c1-6(2,5-7)11(8,9-3)10-4/h5H,1-4H3. The van der Waals surface area contributed by atoms with E-state index in [1.165, 1.54) is 28.1 Å². The molecule has 0 bridgehead atoms. The van der Waals surface area contributed by atoms with Gasteiger partial charge in [-0.25, -0.2) is 0 Å². The van der Waals surface area contributed by atoms with Crippen molar-refractivity contribution in [3.8, 4) is 0 Å². The second-order valence-corrected chi connectivity index (χ2v) is 5.51. The van der Waals surface area contributed by atoms with Crippen LogP contribution in [0.1, 0.15) is 13.8 Å². The van der Waals surface area contributed by atoms with Crippen molar-refractivity contribution >= 4 is 13.9 Å². The fourth-order valence-electron chi connectivity index (χ4n) is 0.610. The molecule has 0 aromatic heterocycles. The first-order valence-electron chi connectivity index (χ1n) is 3.11. The summed E-state index contributed by atoms with van der Waals surface area (Å²) in [6.45, 7) is 3.02. The monoisotopic (exact) mass is 180 g/mol. The maximum atomic E-state index is 11.5. The van der Waals surface area contributed by atoms with Crippen LogP contribution < -0.4 is 0 Å². The van der Waals surface area contributed by atoms with E-state index in [4.69, 9.17) is 0 Å². The fraction of sp³-hybridized carbons (Fsp3) is 0.833. The van der Waals surface area contributed by atoms with E-state index in [2.05, 4.69) is 9.05 Å². The molecule has 0 atom stereocenters. The summed E-state index contributed by atoms with van der Waals surface area (Å²) in [4.78, 5) is 10.5. The van der Waals surface area contributed by atoms with Crippen molar-refractivity contribution in [3.05, 3.63) is 0 Å². The maximum absolute atomic E-state index is 11.5. The molecule has 0 aromatic rings. The smallest absolute Gasteiger partial charge is 0.311 e. The molecule has 0 heterocycles. The first-order valence-corrected chi connectivity index (χ1v) is 4.65. The molecule has 0 radical (unpaired) electrons. The molecule has 5 heteroatoms. The van der Waals surface area contributed by atoms with Gasteiger partial charge in [0, 0.05) is 14.2 Å². The molecule has 0 aromatic carbocycles. The highest BCUT2D eigenvalue weighted by atomic mass is 31.2. The van der Waals surface area contributed by atoms with Gasteiger partial charge in [-0.15, -0.1) is 0 Å². The third-order valence-corrected chi connectivity index (χ3v) is 3.95. The average molecular weight is 180 g/mol. The lowest BCUT2D eigenvalue weighted by Crippen LogP contribution is -2.23. The molecule has 0 aliphatic heterocycles. The Bertz CT molecular complexity index is 179. The molecule has 4 nitrogen and oxygen atoms in total. The van der Waals surface area contributed by atoms with Gasteiger partial charge in [0.1, 0.15) is 11.4 Å². The Kier molecular flexibility index (Phi) is 3.42.